The van der Waals surface area contributed by atoms with E-state index in [1.165, 1.54) is 18.4 Å². The van der Waals surface area contributed by atoms with E-state index in [1.807, 2.05) is 13.0 Å². The smallest absolute Gasteiger partial charge is 0.224 e. The van der Waals surface area contributed by atoms with Crippen molar-refractivity contribution in [1.29, 1.82) is 0 Å². The van der Waals surface area contributed by atoms with Crippen molar-refractivity contribution in [2.75, 3.05) is 12.8 Å². The minimum Gasteiger partial charge on any atom is -0.356 e. The summed E-state index contributed by atoms with van der Waals surface area (Å²) in [5.74, 6) is -0.420. The molecule has 0 aliphatic heterocycles. The molecule has 0 fully saturated rings. The van der Waals surface area contributed by atoms with Crippen molar-refractivity contribution in [2.24, 2.45) is 0 Å². The number of hydrogen-bond acceptors (Lipinski definition) is 3. The number of carbonyl (C=O) groups excluding carboxylic acids is 1. The summed E-state index contributed by atoms with van der Waals surface area (Å²) < 4.78 is 37.3. The standard InChI is InChI=1S/C24H26FNO3S/c1-4-5-12-26-24(27)15-22-16(2)21(20-11-8-18(25)14-23(20)22)13-17-6-9-19(10-7-17)30(3,28)29/h6-11,13-14H,4-5,12,15H2,1-3H3,(H,26,27)/b21-13-. The molecule has 1 N–H and O–H groups in total. The predicted molar refractivity (Wildman–Crippen MR) is 119 cm³/mol. The van der Waals surface area contributed by atoms with Crippen LogP contribution in [0.3, 0.4) is 0 Å². The Bertz CT molecular complexity index is 1130. The van der Waals surface area contributed by atoms with Crippen LogP contribution in [0.25, 0.3) is 17.2 Å². The van der Waals surface area contributed by atoms with E-state index in [-0.39, 0.29) is 23.0 Å². The lowest BCUT2D eigenvalue weighted by molar-refractivity contribution is -0.120. The average Bonchev–Trinajstić information content (AvgIpc) is 2.93. The minimum atomic E-state index is -3.26. The van der Waals surface area contributed by atoms with Crippen LogP contribution < -0.4 is 5.32 Å². The van der Waals surface area contributed by atoms with Gasteiger partial charge in [-0.3, -0.25) is 4.79 Å². The summed E-state index contributed by atoms with van der Waals surface area (Å²) in [7, 11) is -3.26. The van der Waals surface area contributed by atoms with Crippen LogP contribution in [0.2, 0.25) is 0 Å². The van der Waals surface area contributed by atoms with Crippen molar-refractivity contribution < 1.29 is 17.6 Å². The highest BCUT2D eigenvalue weighted by atomic mass is 32.2. The van der Waals surface area contributed by atoms with E-state index in [1.54, 1.807) is 30.3 Å². The van der Waals surface area contributed by atoms with Gasteiger partial charge in [0.15, 0.2) is 9.84 Å². The minimum absolute atomic E-state index is 0.0771. The number of sulfone groups is 1. The Kier molecular flexibility index (Phi) is 6.56. The first kappa shape index (κ1) is 22.0. The first-order chi connectivity index (χ1) is 14.2. The van der Waals surface area contributed by atoms with Gasteiger partial charge in [-0.2, -0.15) is 0 Å². The summed E-state index contributed by atoms with van der Waals surface area (Å²) in [5.41, 5.74) is 5.09. The van der Waals surface area contributed by atoms with Gasteiger partial charge in [-0.1, -0.05) is 31.5 Å². The van der Waals surface area contributed by atoms with E-state index < -0.39 is 9.84 Å². The molecule has 2 aromatic carbocycles. The number of allylic oxidation sites excluding steroid dienone is 2. The fraction of sp³-hybridized carbons (Fsp3) is 0.292. The second-order valence-electron chi connectivity index (χ2n) is 7.57. The molecule has 0 spiro atoms. The number of carbonyl (C=O) groups is 1. The molecule has 1 aliphatic carbocycles. The maximum absolute atomic E-state index is 14.0. The number of amides is 1. The number of hydrogen-bond donors (Lipinski definition) is 1. The largest absolute Gasteiger partial charge is 0.356 e. The Hall–Kier alpha value is -2.73. The topological polar surface area (TPSA) is 63.2 Å². The molecule has 4 nitrogen and oxygen atoms in total. The van der Waals surface area contributed by atoms with Crippen LogP contribution in [-0.2, 0) is 14.6 Å². The quantitative estimate of drug-likeness (QED) is 0.642. The van der Waals surface area contributed by atoms with E-state index in [0.29, 0.717) is 6.54 Å². The van der Waals surface area contributed by atoms with Crippen molar-refractivity contribution in [3.8, 4) is 0 Å². The maximum atomic E-state index is 14.0. The number of benzene rings is 2. The lowest BCUT2D eigenvalue weighted by atomic mass is 10.0. The zero-order valence-corrected chi connectivity index (χ0v) is 18.3. The van der Waals surface area contributed by atoms with Gasteiger partial charge in [0.05, 0.1) is 11.3 Å². The van der Waals surface area contributed by atoms with Gasteiger partial charge in [0.1, 0.15) is 5.82 Å². The molecule has 6 heteroatoms. The van der Waals surface area contributed by atoms with E-state index in [4.69, 9.17) is 0 Å². The van der Waals surface area contributed by atoms with Crippen LogP contribution >= 0.6 is 0 Å². The van der Waals surface area contributed by atoms with Gasteiger partial charge in [-0.25, -0.2) is 12.8 Å². The van der Waals surface area contributed by atoms with Crippen molar-refractivity contribution in [2.45, 2.75) is 38.0 Å². The molecule has 30 heavy (non-hydrogen) atoms. The van der Waals surface area contributed by atoms with Gasteiger partial charge in [0.2, 0.25) is 5.91 Å². The van der Waals surface area contributed by atoms with Crippen LogP contribution in [0.4, 0.5) is 4.39 Å². The lowest BCUT2D eigenvalue weighted by Crippen LogP contribution is -2.24. The van der Waals surface area contributed by atoms with Gasteiger partial charge in [-0.15, -0.1) is 0 Å². The second-order valence-corrected chi connectivity index (χ2v) is 9.59. The predicted octanol–water partition coefficient (Wildman–Crippen LogP) is 4.86. The third-order valence-corrected chi connectivity index (χ3v) is 6.39. The van der Waals surface area contributed by atoms with Gasteiger partial charge in [0.25, 0.3) is 0 Å². The molecule has 1 aliphatic rings. The number of fused-ring (bicyclic) bond motifs is 1. The summed E-state index contributed by atoms with van der Waals surface area (Å²) in [4.78, 5) is 12.7. The van der Waals surface area contributed by atoms with Crippen molar-refractivity contribution >= 4 is 33.0 Å². The Balaban J connectivity index is 1.97. The van der Waals surface area contributed by atoms with E-state index in [9.17, 15) is 17.6 Å². The molecule has 2 aromatic rings. The molecule has 0 heterocycles. The third kappa shape index (κ3) is 4.87. The van der Waals surface area contributed by atoms with E-state index in [2.05, 4.69) is 12.2 Å². The molecule has 0 saturated carbocycles. The molecule has 0 radical (unpaired) electrons. The van der Waals surface area contributed by atoms with Crippen LogP contribution in [0.15, 0.2) is 52.9 Å². The first-order valence-corrected chi connectivity index (χ1v) is 11.9. The molecule has 1 amide bonds. The zero-order valence-electron chi connectivity index (χ0n) is 17.5. The molecule has 3 rings (SSSR count). The Morgan fingerprint density at radius 3 is 2.43 bits per heavy atom. The second kappa shape index (κ2) is 8.96. The first-order valence-electron chi connectivity index (χ1n) is 9.99. The number of nitrogens with one attached hydrogen (secondary N) is 1. The highest BCUT2D eigenvalue weighted by Gasteiger charge is 2.25. The normalized spacial score (nSPS) is 14.9. The monoisotopic (exact) mass is 427 g/mol. The van der Waals surface area contributed by atoms with Crippen LogP contribution in [0.5, 0.6) is 0 Å². The van der Waals surface area contributed by atoms with E-state index >= 15 is 0 Å². The van der Waals surface area contributed by atoms with Crippen LogP contribution in [0, 0.1) is 5.82 Å². The van der Waals surface area contributed by atoms with Gasteiger partial charge in [-0.05, 0) is 77.1 Å². The third-order valence-electron chi connectivity index (χ3n) is 5.26. The number of rotatable bonds is 7. The van der Waals surface area contributed by atoms with Crippen molar-refractivity contribution in [1.82, 2.24) is 5.32 Å². The molecule has 0 aromatic heterocycles. The Morgan fingerprint density at radius 1 is 1.10 bits per heavy atom. The average molecular weight is 428 g/mol. The summed E-state index contributed by atoms with van der Waals surface area (Å²) in [6.45, 7) is 4.63. The summed E-state index contributed by atoms with van der Waals surface area (Å²) in [6.07, 6.45) is 5.23. The molecule has 0 saturated heterocycles. The van der Waals surface area contributed by atoms with E-state index in [0.717, 1.165) is 46.3 Å². The van der Waals surface area contributed by atoms with Crippen molar-refractivity contribution in [3.63, 3.8) is 0 Å². The molecule has 0 unspecified atom stereocenters. The fourth-order valence-electron chi connectivity index (χ4n) is 3.59. The molecule has 0 bridgehead atoms. The van der Waals surface area contributed by atoms with Gasteiger partial charge >= 0.3 is 0 Å². The zero-order chi connectivity index (χ0) is 21.9. The maximum Gasteiger partial charge on any atom is 0.224 e. The van der Waals surface area contributed by atoms with Crippen LogP contribution in [-0.4, -0.2) is 27.1 Å². The molecule has 0 atom stereocenters. The number of halogens is 1. The molecular formula is C24H26FNO3S. The van der Waals surface area contributed by atoms with Crippen LogP contribution in [0.1, 0.15) is 49.8 Å². The summed E-state index contributed by atoms with van der Waals surface area (Å²) in [5, 5.41) is 2.92. The summed E-state index contributed by atoms with van der Waals surface area (Å²) >= 11 is 0. The Morgan fingerprint density at radius 2 is 1.80 bits per heavy atom. The van der Waals surface area contributed by atoms with Crippen molar-refractivity contribution in [3.05, 3.63) is 70.5 Å². The molecule has 158 valence electrons. The fourth-order valence-corrected chi connectivity index (χ4v) is 4.22. The highest BCUT2D eigenvalue weighted by Crippen LogP contribution is 2.43. The van der Waals surface area contributed by atoms with Gasteiger partial charge in [0, 0.05) is 12.8 Å². The molecular weight excluding hydrogens is 401 g/mol. The summed E-state index contributed by atoms with van der Waals surface area (Å²) in [6, 6.07) is 11.3. The SMILES string of the molecule is CCCCNC(=O)CC1=C(C)/C(=C/c2ccc(S(C)(=O)=O)cc2)c2ccc(F)cc21. The number of unbranched alkanes of at least 4 members (excludes halogenated alkanes) is 1. The Labute approximate surface area is 177 Å². The lowest BCUT2D eigenvalue weighted by Gasteiger charge is -2.08. The van der Waals surface area contributed by atoms with Gasteiger partial charge < -0.3 is 5.32 Å². The highest BCUT2D eigenvalue weighted by molar-refractivity contribution is 7.90.